The number of hydrogen-bond acceptors (Lipinski definition) is 3. The molecular weight excluding hydrogens is 234 g/mol. The number of rotatable bonds is 4. The van der Waals surface area contributed by atoms with Crippen molar-refractivity contribution in [3.8, 4) is 0 Å². The number of aliphatic carboxylic acids is 1. The molecule has 1 heterocycles. The summed E-state index contributed by atoms with van der Waals surface area (Å²) in [5, 5.41) is 11.6. The van der Waals surface area contributed by atoms with Gasteiger partial charge in [0.1, 0.15) is 0 Å². The fourth-order valence-electron chi connectivity index (χ4n) is 1.94. The van der Waals surface area contributed by atoms with Crippen molar-refractivity contribution < 1.29 is 19.4 Å². The summed E-state index contributed by atoms with van der Waals surface area (Å²) in [4.78, 5) is 22.6. The van der Waals surface area contributed by atoms with Crippen LogP contribution in [0.3, 0.4) is 0 Å². The number of carboxylic acids is 1. The first-order chi connectivity index (χ1) is 8.66. The second kappa shape index (κ2) is 5.64. The SMILES string of the molecule is O=C(O)Cc1ccccc1NC(=O)[C@H]1CCOC1. The van der Waals surface area contributed by atoms with Gasteiger partial charge in [-0.3, -0.25) is 9.59 Å². The maximum atomic E-state index is 11.9. The molecule has 0 spiro atoms. The van der Waals surface area contributed by atoms with Crippen LogP contribution in [-0.2, 0) is 20.7 Å². The summed E-state index contributed by atoms with van der Waals surface area (Å²) < 4.78 is 5.16. The van der Waals surface area contributed by atoms with E-state index < -0.39 is 5.97 Å². The highest BCUT2D eigenvalue weighted by Gasteiger charge is 2.24. The molecule has 18 heavy (non-hydrogen) atoms. The number of para-hydroxylation sites is 1. The maximum Gasteiger partial charge on any atom is 0.307 e. The monoisotopic (exact) mass is 249 g/mol. The van der Waals surface area contributed by atoms with Crippen molar-refractivity contribution in [3.63, 3.8) is 0 Å². The Balaban J connectivity index is 2.07. The van der Waals surface area contributed by atoms with E-state index >= 15 is 0 Å². The fraction of sp³-hybridized carbons (Fsp3) is 0.385. The predicted molar refractivity (Wildman–Crippen MR) is 65.3 cm³/mol. The Morgan fingerprint density at radius 2 is 2.17 bits per heavy atom. The van der Waals surface area contributed by atoms with E-state index in [1.165, 1.54) is 0 Å². The Hall–Kier alpha value is -1.88. The molecular formula is C13H15NO4. The summed E-state index contributed by atoms with van der Waals surface area (Å²) in [6.07, 6.45) is 0.616. The predicted octanol–water partition coefficient (Wildman–Crippen LogP) is 1.29. The van der Waals surface area contributed by atoms with Gasteiger partial charge in [-0.05, 0) is 18.1 Å². The molecule has 2 N–H and O–H groups in total. The largest absolute Gasteiger partial charge is 0.481 e. The quantitative estimate of drug-likeness (QED) is 0.843. The molecule has 1 aromatic carbocycles. The Morgan fingerprint density at radius 1 is 1.39 bits per heavy atom. The van der Waals surface area contributed by atoms with E-state index in [0.717, 1.165) is 0 Å². The van der Waals surface area contributed by atoms with Crippen molar-refractivity contribution in [1.82, 2.24) is 0 Å². The minimum Gasteiger partial charge on any atom is -0.481 e. The number of anilines is 1. The van der Waals surface area contributed by atoms with Crippen LogP contribution in [0.1, 0.15) is 12.0 Å². The van der Waals surface area contributed by atoms with Gasteiger partial charge in [0.15, 0.2) is 0 Å². The molecule has 1 aromatic rings. The van der Waals surface area contributed by atoms with E-state index in [9.17, 15) is 9.59 Å². The lowest BCUT2D eigenvalue weighted by atomic mass is 10.1. The second-order valence-corrected chi connectivity index (χ2v) is 4.28. The molecule has 2 rings (SSSR count). The summed E-state index contributed by atoms with van der Waals surface area (Å²) in [6.45, 7) is 1.04. The molecule has 0 saturated carbocycles. The van der Waals surface area contributed by atoms with Crippen LogP contribution in [0.5, 0.6) is 0 Å². The molecule has 5 nitrogen and oxygen atoms in total. The normalized spacial score (nSPS) is 18.6. The van der Waals surface area contributed by atoms with E-state index in [0.29, 0.717) is 30.9 Å². The van der Waals surface area contributed by atoms with Crippen LogP contribution < -0.4 is 5.32 Å². The van der Waals surface area contributed by atoms with Crippen molar-refractivity contribution in [2.75, 3.05) is 18.5 Å². The molecule has 0 radical (unpaired) electrons. The molecule has 0 aromatic heterocycles. The molecule has 1 amide bonds. The molecule has 0 bridgehead atoms. The van der Waals surface area contributed by atoms with Crippen molar-refractivity contribution >= 4 is 17.6 Å². The van der Waals surface area contributed by atoms with Gasteiger partial charge in [0.25, 0.3) is 0 Å². The van der Waals surface area contributed by atoms with Gasteiger partial charge in [-0.2, -0.15) is 0 Å². The molecule has 1 aliphatic heterocycles. The first kappa shape index (κ1) is 12.6. The zero-order valence-electron chi connectivity index (χ0n) is 9.89. The lowest BCUT2D eigenvalue weighted by molar-refractivity contribution is -0.136. The molecule has 1 fully saturated rings. The molecule has 1 saturated heterocycles. The van der Waals surface area contributed by atoms with Gasteiger partial charge in [-0.1, -0.05) is 18.2 Å². The van der Waals surface area contributed by atoms with Crippen LogP contribution in [-0.4, -0.2) is 30.2 Å². The van der Waals surface area contributed by atoms with Gasteiger partial charge in [0.05, 0.1) is 18.9 Å². The number of benzene rings is 1. The maximum absolute atomic E-state index is 11.9. The highest BCUT2D eigenvalue weighted by molar-refractivity contribution is 5.94. The zero-order chi connectivity index (χ0) is 13.0. The molecule has 1 atom stereocenters. The summed E-state index contributed by atoms with van der Waals surface area (Å²) in [6, 6.07) is 6.94. The molecule has 5 heteroatoms. The van der Waals surface area contributed by atoms with Gasteiger partial charge < -0.3 is 15.2 Å². The minimum absolute atomic E-state index is 0.0996. The van der Waals surface area contributed by atoms with Gasteiger partial charge in [0.2, 0.25) is 5.91 Å². The van der Waals surface area contributed by atoms with Crippen LogP contribution >= 0.6 is 0 Å². The van der Waals surface area contributed by atoms with Crippen molar-refractivity contribution in [2.45, 2.75) is 12.8 Å². The van der Waals surface area contributed by atoms with E-state index in [1.54, 1.807) is 24.3 Å². The van der Waals surface area contributed by atoms with E-state index in [2.05, 4.69) is 5.32 Å². The standard InChI is InChI=1S/C13H15NO4/c15-12(16)7-9-3-1-2-4-11(9)14-13(17)10-5-6-18-8-10/h1-4,10H,5-8H2,(H,14,17)(H,15,16)/t10-/m0/s1. The third-order valence-electron chi connectivity index (χ3n) is 2.92. The molecule has 0 unspecified atom stereocenters. The van der Waals surface area contributed by atoms with Crippen LogP contribution in [0, 0.1) is 5.92 Å². The highest BCUT2D eigenvalue weighted by Crippen LogP contribution is 2.19. The first-order valence-corrected chi connectivity index (χ1v) is 5.85. The molecule has 0 aliphatic carbocycles. The van der Waals surface area contributed by atoms with E-state index in [4.69, 9.17) is 9.84 Å². The Labute approximate surface area is 105 Å². The third kappa shape index (κ3) is 3.07. The second-order valence-electron chi connectivity index (χ2n) is 4.28. The van der Waals surface area contributed by atoms with Crippen LogP contribution in [0.15, 0.2) is 24.3 Å². The van der Waals surface area contributed by atoms with Crippen molar-refractivity contribution in [3.05, 3.63) is 29.8 Å². The van der Waals surface area contributed by atoms with E-state index in [1.807, 2.05) is 0 Å². The summed E-state index contributed by atoms with van der Waals surface area (Å²) in [5.74, 6) is -1.16. The first-order valence-electron chi connectivity index (χ1n) is 5.85. The zero-order valence-corrected chi connectivity index (χ0v) is 9.89. The number of carbonyl (C=O) groups is 2. The van der Waals surface area contributed by atoms with Crippen molar-refractivity contribution in [1.29, 1.82) is 0 Å². The number of carboxylic acid groups (broad SMARTS) is 1. The van der Waals surface area contributed by atoms with Gasteiger partial charge in [0, 0.05) is 12.3 Å². The van der Waals surface area contributed by atoms with Crippen LogP contribution in [0.2, 0.25) is 0 Å². The van der Waals surface area contributed by atoms with Gasteiger partial charge in [-0.15, -0.1) is 0 Å². The lowest BCUT2D eigenvalue weighted by Gasteiger charge is -2.12. The van der Waals surface area contributed by atoms with Crippen molar-refractivity contribution in [2.24, 2.45) is 5.92 Å². The van der Waals surface area contributed by atoms with E-state index in [-0.39, 0.29) is 18.2 Å². The molecule has 96 valence electrons. The van der Waals surface area contributed by atoms with Gasteiger partial charge >= 0.3 is 5.97 Å². The molecule has 1 aliphatic rings. The smallest absolute Gasteiger partial charge is 0.307 e. The highest BCUT2D eigenvalue weighted by atomic mass is 16.5. The van der Waals surface area contributed by atoms with Crippen LogP contribution in [0.25, 0.3) is 0 Å². The number of ether oxygens (including phenoxy) is 1. The summed E-state index contributed by atoms with van der Waals surface area (Å²) in [7, 11) is 0. The Kier molecular flexibility index (Phi) is 3.94. The summed E-state index contributed by atoms with van der Waals surface area (Å²) >= 11 is 0. The average molecular weight is 249 g/mol. The van der Waals surface area contributed by atoms with Gasteiger partial charge in [-0.25, -0.2) is 0 Å². The Morgan fingerprint density at radius 3 is 2.83 bits per heavy atom. The topological polar surface area (TPSA) is 75.6 Å². The number of hydrogen-bond donors (Lipinski definition) is 2. The third-order valence-corrected chi connectivity index (χ3v) is 2.92. The number of nitrogens with one attached hydrogen (secondary N) is 1. The Bertz CT molecular complexity index is 452. The number of amides is 1. The lowest BCUT2D eigenvalue weighted by Crippen LogP contribution is -2.23. The number of carbonyl (C=O) groups excluding carboxylic acids is 1. The average Bonchev–Trinajstić information content (AvgIpc) is 2.84. The fourth-order valence-corrected chi connectivity index (χ4v) is 1.94. The summed E-state index contributed by atoms with van der Waals surface area (Å²) in [5.41, 5.74) is 1.18. The van der Waals surface area contributed by atoms with Crippen LogP contribution in [0.4, 0.5) is 5.69 Å². The minimum atomic E-state index is -0.916.